The molecule has 0 unspecified atom stereocenters. The number of rotatable bonds is 3. The van der Waals surface area contributed by atoms with E-state index in [0.717, 1.165) is 59.1 Å². The Balaban J connectivity index is 0.000000481. The lowest BCUT2D eigenvalue weighted by Gasteiger charge is -2.13. The third kappa shape index (κ3) is 4.74. The number of nitrogens with zero attached hydrogens (tertiary/aromatic N) is 1. The Bertz CT molecular complexity index is 880. The fourth-order valence-electron chi connectivity index (χ4n) is 3.08. The number of anilines is 1. The SMILES string of the molecule is Cc1csc(-c2c(NC(=O)C3=CCCC3)sc3c2CCOC3)n1.O=C(O)O. The molecule has 3 heterocycles. The number of aryl methyl sites for hydroxylation is 1. The third-order valence-corrected chi connectivity index (χ3v) is 6.31. The fraction of sp³-hybridized carbons (Fsp3) is 0.389. The molecule has 2 aromatic rings. The van der Waals surface area contributed by atoms with Crippen LogP contribution in [0.4, 0.5) is 9.80 Å². The van der Waals surface area contributed by atoms with Crippen molar-refractivity contribution < 1.29 is 24.5 Å². The van der Waals surface area contributed by atoms with E-state index in [1.54, 1.807) is 22.7 Å². The average molecular weight is 409 g/mol. The maximum absolute atomic E-state index is 12.5. The lowest BCUT2D eigenvalue weighted by molar-refractivity contribution is -0.112. The number of carboxylic acid groups (broad SMARTS) is 2. The predicted octanol–water partition coefficient (Wildman–Crippen LogP) is 4.52. The van der Waals surface area contributed by atoms with Crippen LogP contribution in [0, 0.1) is 6.92 Å². The molecule has 0 fully saturated rings. The van der Waals surface area contributed by atoms with Crippen LogP contribution >= 0.6 is 22.7 Å². The molecule has 0 atom stereocenters. The molecular weight excluding hydrogens is 388 g/mol. The van der Waals surface area contributed by atoms with Gasteiger partial charge in [-0.1, -0.05) is 6.08 Å². The largest absolute Gasteiger partial charge is 0.503 e. The Morgan fingerprint density at radius 1 is 1.30 bits per heavy atom. The zero-order valence-electron chi connectivity index (χ0n) is 14.8. The summed E-state index contributed by atoms with van der Waals surface area (Å²) in [5.41, 5.74) is 4.34. The van der Waals surface area contributed by atoms with Gasteiger partial charge in [-0.25, -0.2) is 9.78 Å². The first-order chi connectivity index (χ1) is 13.0. The highest BCUT2D eigenvalue weighted by Crippen LogP contribution is 2.44. The van der Waals surface area contributed by atoms with Gasteiger partial charge in [0.1, 0.15) is 10.0 Å². The molecule has 0 spiro atoms. The van der Waals surface area contributed by atoms with Gasteiger partial charge in [-0.05, 0) is 38.2 Å². The zero-order chi connectivity index (χ0) is 19.4. The second-order valence-corrected chi connectivity index (χ2v) is 8.13. The number of hydrogen-bond acceptors (Lipinski definition) is 6. The number of nitrogens with one attached hydrogen (secondary N) is 1. The van der Waals surface area contributed by atoms with Crippen LogP contribution in [-0.2, 0) is 22.6 Å². The highest BCUT2D eigenvalue weighted by atomic mass is 32.1. The lowest BCUT2D eigenvalue weighted by atomic mass is 10.1. The molecule has 3 N–H and O–H groups in total. The number of amides is 1. The Morgan fingerprint density at radius 3 is 2.70 bits per heavy atom. The number of carbonyl (C=O) groups excluding carboxylic acids is 1. The van der Waals surface area contributed by atoms with Crippen LogP contribution in [-0.4, -0.2) is 33.9 Å². The molecule has 27 heavy (non-hydrogen) atoms. The van der Waals surface area contributed by atoms with Crippen molar-refractivity contribution in [3.05, 3.63) is 33.2 Å². The summed E-state index contributed by atoms with van der Waals surface area (Å²) >= 11 is 3.28. The molecule has 7 nitrogen and oxygen atoms in total. The maximum atomic E-state index is 12.5. The fourth-order valence-corrected chi connectivity index (χ4v) is 5.20. The summed E-state index contributed by atoms with van der Waals surface area (Å²) in [6, 6.07) is 0. The van der Waals surface area contributed by atoms with Gasteiger partial charge in [-0.15, -0.1) is 22.7 Å². The Morgan fingerprint density at radius 2 is 2.07 bits per heavy atom. The van der Waals surface area contributed by atoms with Crippen molar-refractivity contribution >= 4 is 39.7 Å². The normalized spacial score (nSPS) is 15.4. The van der Waals surface area contributed by atoms with Gasteiger partial charge < -0.3 is 20.3 Å². The zero-order valence-corrected chi connectivity index (χ0v) is 16.4. The standard InChI is InChI=1S/C17H18N2O2S2.CH2O3/c1-10-9-22-16(18-10)14-12-6-7-21-8-13(12)23-17(14)19-15(20)11-4-2-3-5-11;2-1(3)4/h4,9H,2-3,5-8H2,1H3,(H,19,20);(H2,2,3,4). The first-order valence-electron chi connectivity index (χ1n) is 8.52. The van der Waals surface area contributed by atoms with E-state index in [4.69, 9.17) is 19.7 Å². The van der Waals surface area contributed by atoms with Crippen molar-refractivity contribution in [2.24, 2.45) is 0 Å². The summed E-state index contributed by atoms with van der Waals surface area (Å²) in [7, 11) is 0. The number of allylic oxidation sites excluding steroid dienone is 1. The van der Waals surface area contributed by atoms with E-state index >= 15 is 0 Å². The topological polar surface area (TPSA) is 109 Å². The van der Waals surface area contributed by atoms with Crippen molar-refractivity contribution in [3.8, 4) is 10.6 Å². The van der Waals surface area contributed by atoms with Gasteiger partial charge in [0, 0.05) is 27.1 Å². The highest BCUT2D eigenvalue weighted by Gasteiger charge is 2.26. The Labute approximate surface area is 164 Å². The van der Waals surface area contributed by atoms with Crippen molar-refractivity contribution in [2.75, 3.05) is 11.9 Å². The van der Waals surface area contributed by atoms with Crippen LogP contribution in [0.5, 0.6) is 0 Å². The van der Waals surface area contributed by atoms with E-state index in [-0.39, 0.29) is 5.91 Å². The van der Waals surface area contributed by atoms with E-state index in [1.165, 1.54) is 10.4 Å². The van der Waals surface area contributed by atoms with E-state index in [2.05, 4.69) is 21.8 Å². The van der Waals surface area contributed by atoms with Gasteiger partial charge in [-0.2, -0.15) is 0 Å². The number of carbonyl (C=O) groups is 2. The number of ether oxygens (including phenoxy) is 1. The molecule has 2 aliphatic rings. The summed E-state index contributed by atoms with van der Waals surface area (Å²) in [6.07, 6.45) is 4.08. The van der Waals surface area contributed by atoms with Gasteiger partial charge in [0.15, 0.2) is 0 Å². The van der Waals surface area contributed by atoms with E-state index in [0.29, 0.717) is 6.61 Å². The van der Waals surface area contributed by atoms with Crippen molar-refractivity contribution in [1.29, 1.82) is 0 Å². The minimum absolute atomic E-state index is 0.0385. The Hall–Kier alpha value is -2.23. The first kappa shape index (κ1) is 19.5. The smallest absolute Gasteiger partial charge is 0.450 e. The molecule has 0 saturated heterocycles. The summed E-state index contributed by atoms with van der Waals surface area (Å²) < 4.78 is 5.58. The molecule has 4 rings (SSSR count). The average Bonchev–Trinajstić information content (AvgIpc) is 3.33. The summed E-state index contributed by atoms with van der Waals surface area (Å²) in [6.45, 7) is 3.37. The second-order valence-electron chi connectivity index (χ2n) is 6.16. The number of thiazole rings is 1. The maximum Gasteiger partial charge on any atom is 0.503 e. The Kier molecular flexibility index (Phi) is 6.25. The van der Waals surface area contributed by atoms with Crippen LogP contribution in [0.1, 0.15) is 35.4 Å². The van der Waals surface area contributed by atoms with Crippen molar-refractivity contribution in [2.45, 2.75) is 39.2 Å². The molecule has 1 aliphatic heterocycles. The molecule has 9 heteroatoms. The number of thiophene rings is 1. The molecule has 144 valence electrons. The quantitative estimate of drug-likeness (QED) is 0.689. The monoisotopic (exact) mass is 408 g/mol. The van der Waals surface area contributed by atoms with Crippen LogP contribution in [0.15, 0.2) is 17.0 Å². The molecule has 1 aliphatic carbocycles. The van der Waals surface area contributed by atoms with Gasteiger partial charge >= 0.3 is 6.16 Å². The molecule has 0 bridgehead atoms. The molecule has 0 aromatic carbocycles. The van der Waals surface area contributed by atoms with Crippen LogP contribution < -0.4 is 5.32 Å². The van der Waals surface area contributed by atoms with Crippen molar-refractivity contribution in [1.82, 2.24) is 4.98 Å². The van der Waals surface area contributed by atoms with E-state index < -0.39 is 6.16 Å². The summed E-state index contributed by atoms with van der Waals surface area (Å²) in [5, 5.41) is 21.1. The minimum Gasteiger partial charge on any atom is -0.450 e. The predicted molar refractivity (Wildman–Crippen MR) is 105 cm³/mol. The van der Waals surface area contributed by atoms with Crippen LogP contribution in [0.3, 0.4) is 0 Å². The molecular formula is C18H20N2O5S2. The highest BCUT2D eigenvalue weighted by molar-refractivity contribution is 7.18. The van der Waals surface area contributed by atoms with Gasteiger partial charge in [-0.3, -0.25) is 4.79 Å². The second kappa shape index (κ2) is 8.64. The molecule has 0 saturated carbocycles. The van der Waals surface area contributed by atoms with Crippen molar-refractivity contribution in [3.63, 3.8) is 0 Å². The minimum atomic E-state index is -1.83. The van der Waals surface area contributed by atoms with Gasteiger partial charge in [0.05, 0.1) is 13.2 Å². The van der Waals surface area contributed by atoms with Gasteiger partial charge in [0.25, 0.3) is 5.91 Å². The van der Waals surface area contributed by atoms with Gasteiger partial charge in [0.2, 0.25) is 0 Å². The van der Waals surface area contributed by atoms with Crippen LogP contribution in [0.2, 0.25) is 0 Å². The molecule has 1 amide bonds. The van der Waals surface area contributed by atoms with E-state index in [1.807, 2.05) is 6.92 Å². The first-order valence-corrected chi connectivity index (χ1v) is 10.2. The summed E-state index contributed by atoms with van der Waals surface area (Å²) in [5.74, 6) is 0.0385. The number of aromatic nitrogens is 1. The molecule has 0 radical (unpaired) electrons. The number of hydrogen-bond donors (Lipinski definition) is 3. The van der Waals surface area contributed by atoms with Crippen LogP contribution in [0.25, 0.3) is 10.6 Å². The van der Waals surface area contributed by atoms with E-state index in [9.17, 15) is 4.79 Å². The molecule has 2 aromatic heterocycles. The number of fused-ring (bicyclic) bond motifs is 1. The third-order valence-electron chi connectivity index (χ3n) is 4.21. The lowest BCUT2D eigenvalue weighted by Crippen LogP contribution is -2.13. The summed E-state index contributed by atoms with van der Waals surface area (Å²) in [4.78, 5) is 26.9.